The maximum Gasteiger partial charge on any atom is 0.258 e. The number of anilines is 1. The molecule has 0 bridgehead atoms. The first-order chi connectivity index (χ1) is 18.4. The average molecular weight is 531 g/mol. The second-order valence-corrected chi connectivity index (χ2v) is 11.2. The van der Waals surface area contributed by atoms with Gasteiger partial charge in [0.1, 0.15) is 11.6 Å². The van der Waals surface area contributed by atoms with Crippen LogP contribution in [-0.4, -0.2) is 65.8 Å². The highest BCUT2D eigenvalue weighted by Crippen LogP contribution is 2.36. The molecule has 3 heterocycles. The fraction of sp³-hybridized carbons (Fsp3) is 0.333. The monoisotopic (exact) mass is 530 g/mol. The van der Waals surface area contributed by atoms with Gasteiger partial charge in [-0.1, -0.05) is 30.3 Å². The largest absolute Gasteiger partial charge is 0.483 e. The minimum absolute atomic E-state index is 0.107. The maximum atomic E-state index is 12.5. The Morgan fingerprint density at radius 3 is 2.63 bits per heavy atom. The summed E-state index contributed by atoms with van der Waals surface area (Å²) in [7, 11) is 0. The molecule has 8 heteroatoms. The lowest BCUT2D eigenvalue weighted by Crippen LogP contribution is -2.48. The van der Waals surface area contributed by atoms with E-state index in [9.17, 15) is 9.90 Å². The summed E-state index contributed by atoms with van der Waals surface area (Å²) in [6.45, 7) is 7.66. The molecule has 0 atom stereocenters. The number of hydrogen-bond acceptors (Lipinski definition) is 7. The molecule has 2 aromatic heterocycles. The normalized spacial score (nSPS) is 14.6. The molecule has 1 amide bonds. The van der Waals surface area contributed by atoms with Crippen LogP contribution in [0.15, 0.2) is 72.2 Å². The molecule has 2 aromatic carbocycles. The second-order valence-electron chi connectivity index (χ2n) is 10.3. The van der Waals surface area contributed by atoms with Gasteiger partial charge in [-0.05, 0) is 55.1 Å². The summed E-state index contributed by atoms with van der Waals surface area (Å²) in [6, 6.07) is 20.7. The fourth-order valence-electron chi connectivity index (χ4n) is 4.73. The molecule has 0 saturated carbocycles. The standard InChI is InChI=1S/C30H34N4O3S/c1-30(2,21-35)32-29(36)19-37-26-11-10-22(25-20-38-27-8-4-3-7-24(25)27)17-23(26)18-33-13-15-34(16-14-33)28-9-5-6-12-31-28/h3-12,17,20,35H,13-16,18-19,21H2,1-2H3,(H,32,36). The lowest BCUT2D eigenvalue weighted by atomic mass is 10.0. The van der Waals surface area contributed by atoms with Gasteiger partial charge in [0.2, 0.25) is 0 Å². The lowest BCUT2D eigenvalue weighted by molar-refractivity contribution is -0.125. The highest BCUT2D eigenvalue weighted by Gasteiger charge is 2.22. The van der Waals surface area contributed by atoms with Gasteiger partial charge in [-0.15, -0.1) is 11.3 Å². The minimum atomic E-state index is -0.694. The minimum Gasteiger partial charge on any atom is -0.483 e. The summed E-state index contributed by atoms with van der Waals surface area (Å²) in [5.74, 6) is 1.46. The highest BCUT2D eigenvalue weighted by atomic mass is 32.1. The molecule has 1 fully saturated rings. The Balaban J connectivity index is 1.35. The average Bonchev–Trinajstić information content (AvgIpc) is 3.37. The zero-order valence-corrected chi connectivity index (χ0v) is 22.7. The van der Waals surface area contributed by atoms with Crippen molar-refractivity contribution in [3.63, 3.8) is 0 Å². The summed E-state index contributed by atoms with van der Waals surface area (Å²) >= 11 is 1.75. The molecule has 2 N–H and O–H groups in total. The molecular weight excluding hydrogens is 496 g/mol. The molecule has 0 radical (unpaired) electrons. The maximum absolute atomic E-state index is 12.5. The number of aliphatic hydroxyl groups is 1. The molecule has 5 rings (SSSR count). The number of pyridine rings is 1. The van der Waals surface area contributed by atoms with Crippen LogP contribution in [0.3, 0.4) is 0 Å². The molecule has 4 aromatic rings. The van der Waals surface area contributed by atoms with E-state index in [0.717, 1.165) is 49.7 Å². The van der Waals surface area contributed by atoms with Gasteiger partial charge in [-0.25, -0.2) is 4.98 Å². The number of piperazine rings is 1. The van der Waals surface area contributed by atoms with E-state index in [1.807, 2.05) is 24.4 Å². The van der Waals surface area contributed by atoms with Crippen LogP contribution in [0.2, 0.25) is 0 Å². The van der Waals surface area contributed by atoms with Gasteiger partial charge in [0.05, 0.1) is 12.1 Å². The van der Waals surface area contributed by atoms with Gasteiger partial charge >= 0.3 is 0 Å². The molecule has 198 valence electrons. The van der Waals surface area contributed by atoms with Crippen molar-refractivity contribution in [1.29, 1.82) is 0 Å². The Kier molecular flexibility index (Phi) is 7.93. The van der Waals surface area contributed by atoms with E-state index in [0.29, 0.717) is 5.75 Å². The molecule has 0 unspecified atom stereocenters. The van der Waals surface area contributed by atoms with Crippen LogP contribution in [0.1, 0.15) is 19.4 Å². The molecule has 1 aliphatic rings. The third-order valence-corrected chi connectivity index (χ3v) is 7.79. The Hall–Kier alpha value is -3.46. The van der Waals surface area contributed by atoms with Crippen molar-refractivity contribution >= 4 is 33.1 Å². The summed E-state index contributed by atoms with van der Waals surface area (Å²) in [4.78, 5) is 21.7. The molecule has 38 heavy (non-hydrogen) atoms. The van der Waals surface area contributed by atoms with Crippen molar-refractivity contribution in [2.45, 2.75) is 25.9 Å². The van der Waals surface area contributed by atoms with Crippen LogP contribution >= 0.6 is 11.3 Å². The first kappa shape index (κ1) is 26.2. The number of rotatable bonds is 9. The van der Waals surface area contributed by atoms with E-state index in [4.69, 9.17) is 4.74 Å². The smallest absolute Gasteiger partial charge is 0.258 e. The number of ether oxygens (including phenoxy) is 1. The number of carbonyl (C=O) groups excluding carboxylic acids is 1. The molecule has 1 aliphatic heterocycles. The summed E-state index contributed by atoms with van der Waals surface area (Å²) < 4.78 is 7.31. The Labute approximate surface area is 227 Å². The van der Waals surface area contributed by atoms with Crippen LogP contribution < -0.4 is 15.0 Å². The van der Waals surface area contributed by atoms with Gasteiger partial charge < -0.3 is 20.1 Å². The van der Waals surface area contributed by atoms with Gasteiger partial charge in [-0.2, -0.15) is 0 Å². The molecular formula is C30H34N4O3S. The fourth-order valence-corrected chi connectivity index (χ4v) is 5.70. The lowest BCUT2D eigenvalue weighted by Gasteiger charge is -2.35. The summed E-state index contributed by atoms with van der Waals surface area (Å²) in [6.07, 6.45) is 1.84. The van der Waals surface area contributed by atoms with Crippen molar-refractivity contribution in [2.75, 3.05) is 44.3 Å². The Morgan fingerprint density at radius 1 is 1.08 bits per heavy atom. The number of amides is 1. The van der Waals surface area contributed by atoms with Crippen molar-refractivity contribution in [2.24, 2.45) is 0 Å². The zero-order chi connectivity index (χ0) is 26.5. The number of hydrogen-bond donors (Lipinski definition) is 2. The quantitative estimate of drug-likeness (QED) is 0.331. The predicted molar refractivity (Wildman–Crippen MR) is 154 cm³/mol. The van der Waals surface area contributed by atoms with Gasteiger partial charge in [0, 0.05) is 60.1 Å². The van der Waals surface area contributed by atoms with Gasteiger partial charge in [0.15, 0.2) is 6.61 Å². The number of aromatic nitrogens is 1. The number of benzene rings is 2. The van der Waals surface area contributed by atoms with Gasteiger partial charge in [-0.3, -0.25) is 9.69 Å². The van der Waals surface area contributed by atoms with E-state index < -0.39 is 5.54 Å². The number of fused-ring (bicyclic) bond motifs is 1. The van der Waals surface area contributed by atoms with Crippen molar-refractivity contribution < 1.29 is 14.6 Å². The van der Waals surface area contributed by atoms with Crippen LogP contribution in [0.5, 0.6) is 5.75 Å². The molecule has 1 saturated heterocycles. The second kappa shape index (κ2) is 11.5. The van der Waals surface area contributed by atoms with Gasteiger partial charge in [0.25, 0.3) is 5.91 Å². The van der Waals surface area contributed by atoms with E-state index >= 15 is 0 Å². The van der Waals surface area contributed by atoms with Crippen LogP contribution in [0.4, 0.5) is 5.82 Å². The molecule has 7 nitrogen and oxygen atoms in total. The van der Waals surface area contributed by atoms with E-state index in [1.54, 1.807) is 25.2 Å². The first-order valence-corrected chi connectivity index (χ1v) is 13.8. The number of carbonyl (C=O) groups is 1. The van der Waals surface area contributed by atoms with Crippen LogP contribution in [-0.2, 0) is 11.3 Å². The highest BCUT2D eigenvalue weighted by molar-refractivity contribution is 7.17. The predicted octanol–water partition coefficient (Wildman–Crippen LogP) is 4.55. The SMILES string of the molecule is CC(C)(CO)NC(=O)COc1ccc(-c2csc3ccccc23)cc1CN1CCN(c2ccccn2)CC1. The number of nitrogens with one attached hydrogen (secondary N) is 1. The Bertz CT molecular complexity index is 1380. The van der Waals surface area contributed by atoms with Crippen molar-refractivity contribution in [1.82, 2.24) is 15.2 Å². The van der Waals surface area contributed by atoms with Crippen molar-refractivity contribution in [3.8, 4) is 16.9 Å². The van der Waals surface area contributed by atoms with Crippen LogP contribution in [0.25, 0.3) is 21.2 Å². The zero-order valence-electron chi connectivity index (χ0n) is 21.9. The van der Waals surface area contributed by atoms with E-state index in [1.165, 1.54) is 15.6 Å². The molecule has 0 aliphatic carbocycles. The number of thiophene rings is 1. The topological polar surface area (TPSA) is 77.9 Å². The van der Waals surface area contributed by atoms with Crippen molar-refractivity contribution in [3.05, 3.63) is 77.8 Å². The number of nitrogens with zero attached hydrogens (tertiary/aromatic N) is 3. The number of aliphatic hydroxyl groups excluding tert-OH is 1. The first-order valence-electron chi connectivity index (χ1n) is 12.9. The Morgan fingerprint density at radius 2 is 1.87 bits per heavy atom. The third kappa shape index (κ3) is 6.15. The summed E-state index contributed by atoms with van der Waals surface area (Å²) in [5, 5.41) is 15.7. The third-order valence-electron chi connectivity index (χ3n) is 6.82. The summed E-state index contributed by atoms with van der Waals surface area (Å²) in [5.41, 5.74) is 2.71. The van der Waals surface area contributed by atoms with E-state index in [2.05, 4.69) is 67.9 Å². The van der Waals surface area contributed by atoms with Crippen LogP contribution in [0, 0.1) is 0 Å². The van der Waals surface area contributed by atoms with E-state index in [-0.39, 0.29) is 19.1 Å². The molecule has 0 spiro atoms.